The summed E-state index contributed by atoms with van der Waals surface area (Å²) in [7, 11) is -0.489. The van der Waals surface area contributed by atoms with Crippen molar-refractivity contribution in [1.82, 2.24) is 15.5 Å². The van der Waals surface area contributed by atoms with Gasteiger partial charge in [-0.15, -0.1) is 0 Å². The number of anilines is 1. The first-order chi connectivity index (χ1) is 22.6. The highest BCUT2D eigenvalue weighted by atomic mass is 32.2. The number of likely N-dealkylation sites (tertiary alicyclic amines) is 1. The average Bonchev–Trinajstić information content (AvgIpc) is 3.84. The van der Waals surface area contributed by atoms with Gasteiger partial charge in [0.25, 0.3) is 0 Å². The molecular formula is C35H47FN4O6S. The van der Waals surface area contributed by atoms with Gasteiger partial charge in [-0.2, -0.15) is 0 Å². The van der Waals surface area contributed by atoms with Crippen LogP contribution in [0.2, 0.25) is 0 Å². The number of rotatable bonds is 11. The molecular weight excluding hydrogens is 623 g/mol. The molecule has 0 bridgehead atoms. The molecule has 0 spiro atoms. The number of amides is 2. The van der Waals surface area contributed by atoms with Crippen LogP contribution >= 0.6 is 0 Å². The maximum absolute atomic E-state index is 14.8. The molecule has 2 amide bonds. The van der Waals surface area contributed by atoms with Gasteiger partial charge in [-0.3, -0.25) is 0 Å². The molecule has 2 aliphatic carbocycles. The Balaban J connectivity index is 1.14. The zero-order valence-electron chi connectivity index (χ0n) is 27.3. The number of halogens is 1. The highest BCUT2D eigenvalue weighted by Gasteiger charge is 2.52. The Morgan fingerprint density at radius 2 is 1.64 bits per heavy atom. The van der Waals surface area contributed by atoms with Crippen molar-refractivity contribution in [3.05, 3.63) is 59.9 Å². The minimum absolute atomic E-state index is 0.0389. The van der Waals surface area contributed by atoms with E-state index in [2.05, 4.69) is 20.4 Å². The van der Waals surface area contributed by atoms with E-state index < -0.39 is 27.4 Å². The zero-order valence-corrected chi connectivity index (χ0v) is 28.1. The van der Waals surface area contributed by atoms with Gasteiger partial charge in [-0.25, -0.2) is 22.4 Å². The Bertz CT molecular complexity index is 1520. The number of piperidine rings is 1. The number of hydrogen-bond acceptors (Lipinski definition) is 8. The van der Waals surface area contributed by atoms with Crippen LogP contribution in [0, 0.1) is 23.6 Å². The van der Waals surface area contributed by atoms with Crippen LogP contribution in [0.1, 0.15) is 50.5 Å². The van der Waals surface area contributed by atoms with E-state index >= 15 is 0 Å². The fourth-order valence-electron chi connectivity index (χ4n) is 8.47. The summed E-state index contributed by atoms with van der Waals surface area (Å²) in [5.74, 6) is 0.277. The SMILES string of the molecule is COC(=O)NC[C@@](c1cccc(F)c1)(C1CCN(CC2CN(c3ccc(S(=O)(=O)C4CC4)cc3)C2)CC1)[C@H]1CCC[C@@H]1NC(=O)OC. The quantitative estimate of drug-likeness (QED) is 0.353. The van der Waals surface area contributed by atoms with E-state index in [4.69, 9.17) is 9.47 Å². The Kier molecular flexibility index (Phi) is 9.98. The highest BCUT2D eigenvalue weighted by molar-refractivity contribution is 7.92. The molecule has 3 atom stereocenters. The van der Waals surface area contributed by atoms with Crippen LogP contribution in [-0.2, 0) is 24.7 Å². The number of methoxy groups -OCH3 is 2. The minimum Gasteiger partial charge on any atom is -0.453 e. The number of hydrogen-bond donors (Lipinski definition) is 2. The summed E-state index contributed by atoms with van der Waals surface area (Å²) in [5.41, 5.74) is 1.26. The largest absolute Gasteiger partial charge is 0.453 e. The van der Waals surface area contributed by atoms with E-state index in [1.165, 1.54) is 20.3 Å². The molecule has 2 aromatic carbocycles. The van der Waals surface area contributed by atoms with E-state index in [1.54, 1.807) is 24.3 Å². The molecule has 0 radical (unpaired) electrons. The number of nitrogens with zero attached hydrogens (tertiary/aromatic N) is 2. The molecule has 4 fully saturated rings. The van der Waals surface area contributed by atoms with Crippen molar-refractivity contribution in [2.45, 2.75) is 66.5 Å². The fraction of sp³-hybridized carbons (Fsp3) is 0.600. The topological polar surface area (TPSA) is 117 Å². The Hall–Kier alpha value is -3.38. The second-order valence-electron chi connectivity index (χ2n) is 13.8. The number of sulfone groups is 1. The lowest BCUT2D eigenvalue weighted by Crippen LogP contribution is -2.58. The molecule has 0 aromatic heterocycles. The molecule has 4 aliphatic rings. The van der Waals surface area contributed by atoms with Crippen LogP contribution < -0.4 is 15.5 Å². The fourth-order valence-corrected chi connectivity index (χ4v) is 10.1. The predicted molar refractivity (Wildman–Crippen MR) is 177 cm³/mol. The third-order valence-corrected chi connectivity index (χ3v) is 13.3. The molecule has 47 heavy (non-hydrogen) atoms. The van der Waals surface area contributed by atoms with Crippen LogP contribution in [0.5, 0.6) is 0 Å². The van der Waals surface area contributed by atoms with Crippen LogP contribution in [0.3, 0.4) is 0 Å². The standard InChI is InChI=1S/C35H47FN4O6S/c1-45-33(41)37-23-35(26-5-3-6-27(36)19-26,31-7-4-8-32(31)38-34(42)46-2)25-15-17-39(18-16-25)20-24-21-40(22-24)28-9-11-29(12-10-28)47(43,44)30-13-14-30/h3,5-6,9-12,19,24-25,30-32H,4,7-8,13-18,20-23H2,1-2H3,(H,37,41)(H,38,42)/t31-,32-,35-/m0/s1. The molecule has 2 saturated carbocycles. The van der Waals surface area contributed by atoms with Gasteiger partial charge in [0.05, 0.1) is 24.4 Å². The lowest BCUT2D eigenvalue weighted by Gasteiger charge is -2.51. The van der Waals surface area contributed by atoms with Gasteiger partial charge in [0.2, 0.25) is 0 Å². The molecule has 256 valence electrons. The summed E-state index contributed by atoms with van der Waals surface area (Å²) in [5, 5.41) is 5.82. The Morgan fingerprint density at radius 1 is 0.936 bits per heavy atom. The lowest BCUT2D eigenvalue weighted by molar-refractivity contribution is 0.0642. The van der Waals surface area contributed by atoms with Gasteiger partial charge in [-0.05, 0) is 105 Å². The van der Waals surface area contributed by atoms with Crippen LogP contribution in [0.4, 0.5) is 19.7 Å². The Morgan fingerprint density at radius 3 is 2.28 bits per heavy atom. The first kappa shape index (κ1) is 33.5. The molecule has 2 saturated heterocycles. The molecule has 6 rings (SSSR count). The number of carbonyl (C=O) groups is 2. The van der Waals surface area contributed by atoms with Crippen LogP contribution in [0.25, 0.3) is 0 Å². The molecule has 10 nitrogen and oxygen atoms in total. The zero-order chi connectivity index (χ0) is 33.2. The maximum atomic E-state index is 14.8. The monoisotopic (exact) mass is 670 g/mol. The van der Waals surface area contributed by atoms with Gasteiger partial charge < -0.3 is 29.9 Å². The highest BCUT2D eigenvalue weighted by Crippen LogP contribution is 2.50. The van der Waals surface area contributed by atoms with Crippen molar-refractivity contribution >= 4 is 27.7 Å². The molecule has 0 unspecified atom stereocenters. The third kappa shape index (κ3) is 7.09. The summed E-state index contributed by atoms with van der Waals surface area (Å²) < 4.78 is 49.9. The normalized spacial score (nSPS) is 23.9. The third-order valence-electron chi connectivity index (χ3n) is 11.0. The predicted octanol–water partition coefficient (Wildman–Crippen LogP) is 4.73. The summed E-state index contributed by atoms with van der Waals surface area (Å²) in [6, 6.07) is 13.9. The Labute approximate surface area is 277 Å². The number of nitrogens with one attached hydrogen (secondary N) is 2. The van der Waals surface area contributed by atoms with Crippen molar-refractivity contribution in [2.24, 2.45) is 17.8 Å². The second kappa shape index (κ2) is 14.0. The van der Waals surface area contributed by atoms with Crippen LogP contribution in [-0.4, -0.2) is 90.3 Å². The number of ether oxygens (including phenoxy) is 2. The van der Waals surface area contributed by atoms with Crippen molar-refractivity contribution < 1.29 is 31.9 Å². The number of alkyl carbamates (subject to hydrolysis) is 2. The number of carbonyl (C=O) groups excluding carboxylic acids is 2. The maximum Gasteiger partial charge on any atom is 0.407 e. The van der Waals surface area contributed by atoms with Gasteiger partial charge in [0, 0.05) is 49.2 Å². The van der Waals surface area contributed by atoms with Crippen molar-refractivity contribution in [2.75, 3.05) is 58.4 Å². The van der Waals surface area contributed by atoms with E-state index in [9.17, 15) is 22.4 Å². The van der Waals surface area contributed by atoms with Gasteiger partial charge >= 0.3 is 12.2 Å². The molecule has 2 N–H and O–H groups in total. The van der Waals surface area contributed by atoms with E-state index in [0.717, 1.165) is 88.9 Å². The average molecular weight is 671 g/mol. The van der Waals surface area contributed by atoms with Crippen molar-refractivity contribution in [3.8, 4) is 0 Å². The molecule has 12 heteroatoms. The molecule has 2 aromatic rings. The first-order valence-electron chi connectivity index (χ1n) is 16.9. The summed E-state index contributed by atoms with van der Waals surface area (Å²) in [6.07, 6.45) is 4.77. The van der Waals surface area contributed by atoms with E-state index in [0.29, 0.717) is 10.8 Å². The van der Waals surface area contributed by atoms with Crippen molar-refractivity contribution in [3.63, 3.8) is 0 Å². The van der Waals surface area contributed by atoms with E-state index in [-0.39, 0.29) is 35.5 Å². The summed E-state index contributed by atoms with van der Waals surface area (Å²) >= 11 is 0. The molecule has 2 aliphatic heterocycles. The van der Waals surface area contributed by atoms with Gasteiger partial charge in [0.1, 0.15) is 5.82 Å². The molecule has 2 heterocycles. The van der Waals surface area contributed by atoms with Crippen LogP contribution in [0.15, 0.2) is 53.4 Å². The van der Waals surface area contributed by atoms with Gasteiger partial charge in [0.15, 0.2) is 9.84 Å². The van der Waals surface area contributed by atoms with Gasteiger partial charge in [-0.1, -0.05) is 18.6 Å². The minimum atomic E-state index is -3.18. The summed E-state index contributed by atoms with van der Waals surface area (Å²) in [4.78, 5) is 30.1. The smallest absolute Gasteiger partial charge is 0.407 e. The summed E-state index contributed by atoms with van der Waals surface area (Å²) in [6.45, 7) is 4.86. The first-order valence-corrected chi connectivity index (χ1v) is 18.4. The van der Waals surface area contributed by atoms with E-state index in [1.807, 2.05) is 18.2 Å². The number of benzene rings is 2. The van der Waals surface area contributed by atoms with Crippen molar-refractivity contribution in [1.29, 1.82) is 0 Å². The lowest BCUT2D eigenvalue weighted by atomic mass is 9.58. The second-order valence-corrected chi connectivity index (χ2v) is 16.0.